The molecule has 0 fully saturated rings. The predicted octanol–water partition coefficient (Wildman–Crippen LogP) is 3.86. The Hall–Kier alpha value is -4.15. The van der Waals surface area contributed by atoms with Crippen molar-refractivity contribution in [1.82, 2.24) is 19.6 Å². The molecule has 0 bridgehead atoms. The molecule has 2 aromatic carbocycles. The third kappa shape index (κ3) is 4.12. The minimum atomic E-state index is -3.94. The van der Waals surface area contributed by atoms with E-state index in [-0.39, 0.29) is 17.3 Å². The van der Waals surface area contributed by atoms with Crippen LogP contribution in [0.5, 0.6) is 0 Å². The zero-order chi connectivity index (χ0) is 23.7. The molecular formula is C24H19FN6O2S. The second-order valence-electron chi connectivity index (χ2n) is 7.59. The molecule has 3 N–H and O–H groups in total. The maximum Gasteiger partial charge on any atom is 0.239 e. The van der Waals surface area contributed by atoms with Crippen LogP contribution in [-0.2, 0) is 16.6 Å². The average molecular weight is 475 g/mol. The third-order valence-electron chi connectivity index (χ3n) is 5.37. The first-order chi connectivity index (χ1) is 16.4. The lowest BCUT2D eigenvalue weighted by Gasteiger charge is -2.12. The van der Waals surface area contributed by atoms with Gasteiger partial charge >= 0.3 is 0 Å². The van der Waals surface area contributed by atoms with Crippen molar-refractivity contribution < 1.29 is 12.8 Å². The first-order valence-corrected chi connectivity index (χ1v) is 11.8. The summed E-state index contributed by atoms with van der Waals surface area (Å²) >= 11 is 0. The van der Waals surface area contributed by atoms with Crippen LogP contribution in [0.3, 0.4) is 0 Å². The molecule has 0 aliphatic heterocycles. The van der Waals surface area contributed by atoms with Crippen LogP contribution in [0.4, 0.5) is 10.2 Å². The van der Waals surface area contributed by atoms with Gasteiger partial charge in [-0.3, -0.25) is 9.38 Å². The number of sulfonamides is 1. The number of nitrogens with one attached hydrogen (secondary N) is 1. The summed E-state index contributed by atoms with van der Waals surface area (Å²) in [4.78, 5) is 3.88. The summed E-state index contributed by atoms with van der Waals surface area (Å²) in [6.07, 6.45) is 4.49. The minimum Gasteiger partial charge on any atom is -0.363 e. The van der Waals surface area contributed by atoms with Gasteiger partial charge in [0, 0.05) is 41.8 Å². The van der Waals surface area contributed by atoms with Gasteiger partial charge in [-0.05, 0) is 23.8 Å². The fourth-order valence-electron chi connectivity index (χ4n) is 3.73. The van der Waals surface area contributed by atoms with Crippen molar-refractivity contribution in [2.24, 2.45) is 5.14 Å². The molecule has 0 saturated heterocycles. The van der Waals surface area contributed by atoms with Gasteiger partial charge in [0.25, 0.3) is 0 Å². The van der Waals surface area contributed by atoms with Crippen molar-refractivity contribution in [3.05, 3.63) is 96.7 Å². The number of rotatable bonds is 6. The topological polar surface area (TPSA) is 115 Å². The SMILES string of the molecule is NS(=O)(=O)c1cncc(-c2nnc(NCc3ccccc3F)c3c(-c4ccccc4)ccn23)c1. The molecular weight excluding hydrogens is 455 g/mol. The molecule has 8 nitrogen and oxygen atoms in total. The van der Waals surface area contributed by atoms with E-state index < -0.39 is 10.0 Å². The molecule has 3 heterocycles. The van der Waals surface area contributed by atoms with Crippen LogP contribution in [0.25, 0.3) is 28.0 Å². The second-order valence-corrected chi connectivity index (χ2v) is 9.15. The second kappa shape index (κ2) is 8.65. The lowest BCUT2D eigenvalue weighted by molar-refractivity contribution is 0.597. The molecule has 0 radical (unpaired) electrons. The maximum absolute atomic E-state index is 14.2. The van der Waals surface area contributed by atoms with E-state index in [9.17, 15) is 12.8 Å². The van der Waals surface area contributed by atoms with Gasteiger partial charge in [0.1, 0.15) is 10.7 Å². The summed E-state index contributed by atoms with van der Waals surface area (Å²) in [6, 6.07) is 19.6. The molecule has 170 valence electrons. The molecule has 0 aliphatic carbocycles. The number of hydrogen-bond acceptors (Lipinski definition) is 6. The molecule has 0 spiro atoms. The van der Waals surface area contributed by atoms with Crippen LogP contribution in [0.2, 0.25) is 0 Å². The van der Waals surface area contributed by atoms with Crippen molar-refractivity contribution in [2.45, 2.75) is 11.4 Å². The molecule has 0 atom stereocenters. The van der Waals surface area contributed by atoms with Crippen LogP contribution < -0.4 is 10.5 Å². The smallest absolute Gasteiger partial charge is 0.239 e. The fraction of sp³-hybridized carbons (Fsp3) is 0.0417. The van der Waals surface area contributed by atoms with E-state index in [1.807, 2.05) is 42.6 Å². The Bertz CT molecular complexity index is 1600. The number of nitrogens with zero attached hydrogens (tertiary/aromatic N) is 4. The Balaban J connectivity index is 1.66. The van der Waals surface area contributed by atoms with Crippen LogP contribution in [-0.4, -0.2) is 28.0 Å². The van der Waals surface area contributed by atoms with Gasteiger partial charge < -0.3 is 5.32 Å². The summed E-state index contributed by atoms with van der Waals surface area (Å²) in [5, 5.41) is 17.2. The van der Waals surface area contributed by atoms with Crippen LogP contribution >= 0.6 is 0 Å². The van der Waals surface area contributed by atoms with E-state index in [0.717, 1.165) is 11.1 Å². The van der Waals surface area contributed by atoms with Gasteiger partial charge in [0.15, 0.2) is 11.6 Å². The van der Waals surface area contributed by atoms with Crippen LogP contribution in [0.1, 0.15) is 5.56 Å². The van der Waals surface area contributed by atoms with Crippen molar-refractivity contribution >= 4 is 21.4 Å². The monoisotopic (exact) mass is 474 g/mol. The van der Waals surface area contributed by atoms with Crippen LogP contribution in [0, 0.1) is 5.82 Å². The summed E-state index contributed by atoms with van der Waals surface area (Å²) < 4.78 is 39.6. The highest BCUT2D eigenvalue weighted by Crippen LogP contribution is 2.33. The number of fused-ring (bicyclic) bond motifs is 1. The molecule has 0 aliphatic rings. The van der Waals surface area contributed by atoms with E-state index in [4.69, 9.17) is 5.14 Å². The zero-order valence-corrected chi connectivity index (χ0v) is 18.6. The van der Waals surface area contributed by atoms with E-state index in [1.165, 1.54) is 24.5 Å². The van der Waals surface area contributed by atoms with Gasteiger partial charge in [-0.2, -0.15) is 0 Å². The lowest BCUT2D eigenvalue weighted by Crippen LogP contribution is -2.13. The molecule has 5 aromatic rings. The van der Waals surface area contributed by atoms with Crippen molar-refractivity contribution in [2.75, 3.05) is 5.32 Å². The van der Waals surface area contributed by atoms with Gasteiger partial charge in [-0.15, -0.1) is 10.2 Å². The minimum absolute atomic E-state index is 0.128. The summed E-state index contributed by atoms with van der Waals surface area (Å²) in [7, 11) is -3.94. The molecule has 0 unspecified atom stereocenters. The van der Waals surface area contributed by atoms with Gasteiger partial charge in [-0.1, -0.05) is 48.5 Å². The molecule has 0 saturated carbocycles. The normalized spacial score (nSPS) is 11.6. The maximum atomic E-state index is 14.2. The standard InChI is InChI=1S/C24H19FN6O2S/c25-21-9-5-4-8-17(21)14-28-23-22-20(16-6-2-1-3-7-16)10-11-31(22)24(30-29-23)18-12-19(15-27-13-18)34(26,32)33/h1-13,15H,14H2,(H,28,29)(H2,26,32,33). The van der Waals surface area contributed by atoms with E-state index in [1.54, 1.807) is 22.6 Å². The highest BCUT2D eigenvalue weighted by atomic mass is 32.2. The quantitative estimate of drug-likeness (QED) is 0.386. The molecule has 5 rings (SSSR count). The first-order valence-electron chi connectivity index (χ1n) is 10.3. The number of halogens is 1. The Labute approximate surface area is 195 Å². The van der Waals surface area contributed by atoms with Gasteiger partial charge in [-0.25, -0.2) is 17.9 Å². The number of hydrogen-bond donors (Lipinski definition) is 2. The molecule has 0 amide bonds. The third-order valence-corrected chi connectivity index (χ3v) is 6.25. The number of aromatic nitrogens is 4. The lowest BCUT2D eigenvalue weighted by atomic mass is 10.1. The molecule has 10 heteroatoms. The highest BCUT2D eigenvalue weighted by Gasteiger charge is 2.18. The summed E-state index contributed by atoms with van der Waals surface area (Å²) in [5.74, 6) is 0.512. The van der Waals surface area contributed by atoms with Crippen molar-refractivity contribution in [1.29, 1.82) is 0 Å². The van der Waals surface area contributed by atoms with E-state index in [2.05, 4.69) is 20.5 Å². The largest absolute Gasteiger partial charge is 0.363 e. The number of pyridine rings is 1. The van der Waals surface area contributed by atoms with Crippen LogP contribution in [0.15, 0.2) is 90.2 Å². The summed E-state index contributed by atoms with van der Waals surface area (Å²) in [6.45, 7) is 0.207. The Morgan fingerprint density at radius 3 is 2.47 bits per heavy atom. The van der Waals surface area contributed by atoms with E-state index in [0.29, 0.717) is 28.3 Å². The predicted molar refractivity (Wildman–Crippen MR) is 127 cm³/mol. The number of primary sulfonamides is 1. The Morgan fingerprint density at radius 2 is 1.71 bits per heavy atom. The molecule has 34 heavy (non-hydrogen) atoms. The fourth-order valence-corrected chi connectivity index (χ4v) is 4.23. The van der Waals surface area contributed by atoms with Gasteiger partial charge in [0.05, 0.1) is 5.52 Å². The van der Waals surface area contributed by atoms with Gasteiger partial charge in [0.2, 0.25) is 10.0 Å². The molecule has 3 aromatic heterocycles. The van der Waals surface area contributed by atoms with E-state index >= 15 is 0 Å². The first kappa shape index (κ1) is 21.7. The summed E-state index contributed by atoms with van der Waals surface area (Å²) in [5.41, 5.74) is 3.45. The van der Waals surface area contributed by atoms with Crippen molar-refractivity contribution in [3.63, 3.8) is 0 Å². The highest BCUT2D eigenvalue weighted by molar-refractivity contribution is 7.89. The number of benzene rings is 2. The Kier molecular flexibility index (Phi) is 5.52. The Morgan fingerprint density at radius 1 is 0.941 bits per heavy atom. The van der Waals surface area contributed by atoms with Crippen molar-refractivity contribution in [3.8, 4) is 22.5 Å². The zero-order valence-electron chi connectivity index (χ0n) is 17.8. The average Bonchev–Trinajstić information content (AvgIpc) is 3.29. The number of anilines is 1. The number of nitrogens with two attached hydrogens (primary N) is 1.